The van der Waals surface area contributed by atoms with Gasteiger partial charge in [0.1, 0.15) is 5.76 Å². The smallest absolute Gasteiger partial charge is 0.274 e. The van der Waals surface area contributed by atoms with Crippen LogP contribution >= 0.6 is 0 Å². The summed E-state index contributed by atoms with van der Waals surface area (Å²) in [7, 11) is 0. The van der Waals surface area contributed by atoms with Gasteiger partial charge in [-0.2, -0.15) is 0 Å². The van der Waals surface area contributed by atoms with Gasteiger partial charge in [-0.05, 0) is 74.4 Å². The number of nitrogens with one attached hydrogen (secondary N) is 2. The SMILES string of the molecule is Cc1noc(C)c1-c1ccc(C2CC2NCC2CN(CCCc3ccc(C(=O)NO)cc3)C2)cc1. The van der Waals surface area contributed by atoms with E-state index < -0.39 is 5.91 Å². The number of carbonyl (C=O) groups is 1. The van der Waals surface area contributed by atoms with Crippen LogP contribution in [-0.4, -0.2) is 53.4 Å². The van der Waals surface area contributed by atoms with Crippen molar-refractivity contribution < 1.29 is 14.5 Å². The summed E-state index contributed by atoms with van der Waals surface area (Å²) >= 11 is 0. The van der Waals surface area contributed by atoms with Gasteiger partial charge in [-0.1, -0.05) is 41.6 Å². The molecule has 1 aliphatic carbocycles. The van der Waals surface area contributed by atoms with Crippen LogP contribution in [0.25, 0.3) is 11.1 Å². The van der Waals surface area contributed by atoms with Crippen LogP contribution in [0.15, 0.2) is 53.1 Å². The molecular weight excluding hydrogens is 440 g/mol. The number of hydrogen-bond acceptors (Lipinski definition) is 6. The highest BCUT2D eigenvalue weighted by molar-refractivity contribution is 5.93. The standard InChI is InChI=1S/C28H34N4O3/c1-18-27(19(2)35-31-18)23-11-9-22(10-12-23)25-14-26(25)29-15-21-16-32(17-21)13-3-4-20-5-7-24(8-6-20)28(33)30-34/h5-12,21,25-26,29,34H,3-4,13-17H2,1-2H3,(H,30,33). The number of rotatable bonds is 10. The summed E-state index contributed by atoms with van der Waals surface area (Å²) in [6.45, 7) is 8.51. The Bertz CT molecular complexity index is 1130. The van der Waals surface area contributed by atoms with Crippen LogP contribution in [0, 0.1) is 19.8 Å². The zero-order valence-corrected chi connectivity index (χ0v) is 20.5. The number of carbonyl (C=O) groups excluding carboxylic acids is 1. The predicted molar refractivity (Wildman–Crippen MR) is 135 cm³/mol. The molecule has 35 heavy (non-hydrogen) atoms. The van der Waals surface area contributed by atoms with Crippen LogP contribution in [0.2, 0.25) is 0 Å². The molecule has 1 amide bonds. The minimum absolute atomic E-state index is 0.472. The van der Waals surface area contributed by atoms with Crippen molar-refractivity contribution in [3.8, 4) is 11.1 Å². The first-order chi connectivity index (χ1) is 17.0. The largest absolute Gasteiger partial charge is 0.361 e. The number of hydroxylamine groups is 1. The lowest BCUT2D eigenvalue weighted by molar-refractivity contribution is 0.0706. The van der Waals surface area contributed by atoms with Gasteiger partial charge in [0.15, 0.2) is 0 Å². The Morgan fingerprint density at radius 3 is 2.51 bits per heavy atom. The third-order valence-electron chi connectivity index (χ3n) is 7.41. The molecule has 2 fully saturated rings. The van der Waals surface area contributed by atoms with Crippen molar-refractivity contribution in [3.63, 3.8) is 0 Å². The number of amides is 1. The molecule has 2 aromatic carbocycles. The third kappa shape index (κ3) is 5.48. The predicted octanol–water partition coefficient (Wildman–Crippen LogP) is 4.09. The van der Waals surface area contributed by atoms with Gasteiger partial charge in [0.2, 0.25) is 0 Å². The lowest BCUT2D eigenvalue weighted by atomic mass is 9.98. The minimum Gasteiger partial charge on any atom is -0.361 e. The van der Waals surface area contributed by atoms with Crippen molar-refractivity contribution in [3.05, 3.63) is 76.7 Å². The highest BCUT2D eigenvalue weighted by atomic mass is 16.5. The second-order valence-electron chi connectivity index (χ2n) is 10.0. The molecule has 1 aromatic heterocycles. The number of likely N-dealkylation sites (tertiary alicyclic amines) is 1. The summed E-state index contributed by atoms with van der Waals surface area (Å²) in [6, 6.07) is 16.9. The van der Waals surface area contributed by atoms with E-state index in [0.29, 0.717) is 17.5 Å². The van der Waals surface area contributed by atoms with E-state index in [-0.39, 0.29) is 0 Å². The van der Waals surface area contributed by atoms with Crippen LogP contribution < -0.4 is 10.8 Å². The Hall–Kier alpha value is -3.00. The Morgan fingerprint density at radius 2 is 1.86 bits per heavy atom. The van der Waals surface area contributed by atoms with E-state index >= 15 is 0 Å². The molecule has 1 aliphatic heterocycles. The summed E-state index contributed by atoms with van der Waals surface area (Å²) in [5.41, 5.74) is 8.01. The fraction of sp³-hybridized carbons (Fsp3) is 0.429. The van der Waals surface area contributed by atoms with Crippen LogP contribution in [0.4, 0.5) is 0 Å². The second-order valence-corrected chi connectivity index (χ2v) is 10.0. The number of nitrogens with zero attached hydrogens (tertiary/aromatic N) is 2. The molecule has 7 heteroatoms. The fourth-order valence-corrected chi connectivity index (χ4v) is 5.28. The molecule has 2 unspecified atom stereocenters. The van der Waals surface area contributed by atoms with Gasteiger partial charge in [0, 0.05) is 42.7 Å². The zero-order valence-electron chi connectivity index (χ0n) is 20.5. The lowest BCUT2D eigenvalue weighted by Crippen LogP contribution is -2.51. The van der Waals surface area contributed by atoms with Gasteiger partial charge in [-0.25, -0.2) is 5.48 Å². The second kappa shape index (κ2) is 10.3. The van der Waals surface area contributed by atoms with Crippen molar-refractivity contribution in [1.82, 2.24) is 20.9 Å². The number of hydrogen-bond donors (Lipinski definition) is 3. The fourth-order valence-electron chi connectivity index (χ4n) is 5.28. The van der Waals surface area contributed by atoms with E-state index in [1.165, 1.54) is 36.2 Å². The monoisotopic (exact) mass is 474 g/mol. The van der Waals surface area contributed by atoms with E-state index in [0.717, 1.165) is 48.9 Å². The molecular formula is C28H34N4O3. The van der Waals surface area contributed by atoms with Crippen LogP contribution in [0.1, 0.15) is 51.7 Å². The molecule has 0 bridgehead atoms. The van der Waals surface area contributed by atoms with Crippen LogP contribution in [0.3, 0.4) is 0 Å². The number of aryl methyl sites for hydroxylation is 3. The van der Waals surface area contributed by atoms with Crippen molar-refractivity contribution in [1.29, 1.82) is 0 Å². The quantitative estimate of drug-likeness (QED) is 0.303. The van der Waals surface area contributed by atoms with Gasteiger partial charge < -0.3 is 14.7 Å². The van der Waals surface area contributed by atoms with Crippen molar-refractivity contribution >= 4 is 5.91 Å². The van der Waals surface area contributed by atoms with Gasteiger partial charge in [-0.3, -0.25) is 10.0 Å². The third-order valence-corrected chi connectivity index (χ3v) is 7.41. The van der Waals surface area contributed by atoms with E-state index in [9.17, 15) is 4.79 Å². The Labute approximate surface area is 206 Å². The summed E-state index contributed by atoms with van der Waals surface area (Å²) in [5, 5.41) is 16.5. The first-order valence-electron chi connectivity index (χ1n) is 12.5. The molecule has 1 saturated heterocycles. The molecule has 0 spiro atoms. The van der Waals surface area contributed by atoms with Gasteiger partial charge in [0.05, 0.1) is 5.69 Å². The van der Waals surface area contributed by atoms with Crippen LogP contribution in [0.5, 0.6) is 0 Å². The first kappa shape index (κ1) is 23.7. The summed E-state index contributed by atoms with van der Waals surface area (Å²) in [6.07, 6.45) is 3.33. The van der Waals surface area contributed by atoms with Crippen molar-refractivity contribution in [2.45, 2.75) is 45.1 Å². The molecule has 184 valence electrons. The summed E-state index contributed by atoms with van der Waals surface area (Å²) in [4.78, 5) is 13.9. The molecule has 1 saturated carbocycles. The van der Waals surface area contributed by atoms with Gasteiger partial charge in [0.25, 0.3) is 5.91 Å². The molecule has 0 radical (unpaired) electrons. The summed E-state index contributed by atoms with van der Waals surface area (Å²) in [5.74, 6) is 1.77. The topological polar surface area (TPSA) is 90.6 Å². The molecule has 3 aromatic rings. The molecule has 7 nitrogen and oxygen atoms in total. The maximum absolute atomic E-state index is 11.4. The normalized spacial score (nSPS) is 20.0. The first-order valence-corrected chi connectivity index (χ1v) is 12.5. The van der Waals surface area contributed by atoms with Gasteiger partial charge in [-0.15, -0.1) is 0 Å². The molecule has 2 aliphatic rings. The Balaban J connectivity index is 0.980. The van der Waals surface area contributed by atoms with Gasteiger partial charge >= 0.3 is 0 Å². The average Bonchev–Trinajstić information content (AvgIpc) is 3.55. The van der Waals surface area contributed by atoms with E-state index in [4.69, 9.17) is 9.73 Å². The van der Waals surface area contributed by atoms with Crippen LogP contribution in [-0.2, 0) is 6.42 Å². The van der Waals surface area contributed by atoms with Crippen molar-refractivity contribution in [2.75, 3.05) is 26.2 Å². The molecule has 3 N–H and O–H groups in total. The number of benzene rings is 2. The maximum atomic E-state index is 11.4. The molecule has 2 heterocycles. The minimum atomic E-state index is -0.472. The lowest BCUT2D eigenvalue weighted by Gasteiger charge is -2.39. The highest BCUT2D eigenvalue weighted by Crippen LogP contribution is 2.41. The Kier molecular flexibility index (Phi) is 7.00. The van der Waals surface area contributed by atoms with E-state index in [1.54, 1.807) is 17.6 Å². The average molecular weight is 475 g/mol. The van der Waals surface area contributed by atoms with Crippen molar-refractivity contribution in [2.24, 2.45) is 5.92 Å². The Morgan fingerprint density at radius 1 is 1.11 bits per heavy atom. The zero-order chi connectivity index (χ0) is 24.4. The van der Waals surface area contributed by atoms with E-state index in [2.05, 4.69) is 39.6 Å². The van der Waals surface area contributed by atoms with E-state index in [1.807, 2.05) is 26.0 Å². The highest BCUT2D eigenvalue weighted by Gasteiger charge is 2.39. The molecule has 5 rings (SSSR count). The molecule has 2 atom stereocenters. The maximum Gasteiger partial charge on any atom is 0.274 e. The summed E-state index contributed by atoms with van der Waals surface area (Å²) < 4.78 is 5.31. The number of aromatic nitrogens is 1.